The van der Waals surface area contributed by atoms with Gasteiger partial charge in [-0.05, 0) is 37.1 Å². The topological polar surface area (TPSA) is 109 Å². The van der Waals surface area contributed by atoms with Crippen LogP contribution in [0.15, 0.2) is 47.1 Å². The number of nitrogens with one attached hydrogen (secondary N) is 2. The van der Waals surface area contributed by atoms with Gasteiger partial charge < -0.3 is 20.2 Å². The summed E-state index contributed by atoms with van der Waals surface area (Å²) >= 11 is 0. The average molecular weight is 372 g/mol. The quantitative estimate of drug-likeness (QED) is 0.625. The highest BCUT2D eigenvalue weighted by Gasteiger charge is 2.37. The molecule has 3 N–H and O–H groups in total. The molecule has 0 aliphatic carbocycles. The molecule has 0 radical (unpaired) electrons. The van der Waals surface area contributed by atoms with Gasteiger partial charge in [-0.15, -0.1) is 0 Å². The zero-order chi connectivity index (χ0) is 19.9. The van der Waals surface area contributed by atoms with E-state index in [-0.39, 0.29) is 18.9 Å². The minimum absolute atomic E-state index is 0.155. The summed E-state index contributed by atoms with van der Waals surface area (Å²) in [5, 5.41) is 14.9. The first-order valence-electron chi connectivity index (χ1n) is 8.84. The fourth-order valence-corrected chi connectivity index (χ4v) is 2.85. The Morgan fingerprint density at radius 2 is 1.78 bits per heavy atom. The number of carboxylic acids is 1. The van der Waals surface area contributed by atoms with E-state index in [0.717, 1.165) is 0 Å². The van der Waals surface area contributed by atoms with E-state index in [9.17, 15) is 19.5 Å². The van der Waals surface area contributed by atoms with Gasteiger partial charge in [0, 0.05) is 6.42 Å². The summed E-state index contributed by atoms with van der Waals surface area (Å²) < 4.78 is 5.18. The molecule has 0 atom stereocenters. The lowest BCUT2D eigenvalue weighted by Gasteiger charge is -2.26. The molecule has 2 aromatic rings. The van der Waals surface area contributed by atoms with Crippen molar-refractivity contribution >= 4 is 23.5 Å². The van der Waals surface area contributed by atoms with Gasteiger partial charge in [0.25, 0.3) is 5.91 Å². The molecular formula is C20H24N2O5. The summed E-state index contributed by atoms with van der Waals surface area (Å²) in [7, 11) is 0. The van der Waals surface area contributed by atoms with Crippen LogP contribution >= 0.6 is 0 Å². The predicted molar refractivity (Wildman–Crippen MR) is 100 cm³/mol. The SMILES string of the molecule is CCC(CC)(CC(=O)Nc1ccccc1C(=O)NCc1ccco1)C(=O)O. The van der Waals surface area contributed by atoms with Crippen molar-refractivity contribution in [2.45, 2.75) is 39.7 Å². The van der Waals surface area contributed by atoms with Crippen LogP contribution in [0, 0.1) is 5.41 Å². The molecular weight excluding hydrogens is 348 g/mol. The first-order valence-corrected chi connectivity index (χ1v) is 8.84. The van der Waals surface area contributed by atoms with Gasteiger partial charge in [0.2, 0.25) is 5.91 Å². The number of carbonyl (C=O) groups is 3. The Bertz CT molecular complexity index is 794. The van der Waals surface area contributed by atoms with Gasteiger partial charge in [-0.25, -0.2) is 0 Å². The van der Waals surface area contributed by atoms with Gasteiger partial charge in [-0.2, -0.15) is 0 Å². The zero-order valence-electron chi connectivity index (χ0n) is 15.5. The molecule has 7 heteroatoms. The number of carbonyl (C=O) groups excluding carboxylic acids is 2. The summed E-state index contributed by atoms with van der Waals surface area (Å²) in [6.45, 7) is 3.73. The van der Waals surface area contributed by atoms with Crippen molar-refractivity contribution in [3.05, 3.63) is 54.0 Å². The highest BCUT2D eigenvalue weighted by molar-refractivity contribution is 6.04. The third-order valence-electron chi connectivity index (χ3n) is 4.76. The van der Waals surface area contributed by atoms with E-state index in [4.69, 9.17) is 4.42 Å². The lowest BCUT2D eigenvalue weighted by atomic mass is 9.79. The number of amides is 2. The van der Waals surface area contributed by atoms with Crippen molar-refractivity contribution in [2.24, 2.45) is 5.41 Å². The van der Waals surface area contributed by atoms with Crippen LogP contribution in [-0.4, -0.2) is 22.9 Å². The number of carboxylic acid groups (broad SMARTS) is 1. The highest BCUT2D eigenvalue weighted by Crippen LogP contribution is 2.31. The Balaban J connectivity index is 2.09. The van der Waals surface area contributed by atoms with Crippen molar-refractivity contribution < 1.29 is 23.9 Å². The summed E-state index contributed by atoms with van der Waals surface area (Å²) in [5.41, 5.74) is -0.474. The first kappa shape index (κ1) is 20.2. The molecule has 144 valence electrons. The number of anilines is 1. The van der Waals surface area contributed by atoms with Crippen molar-refractivity contribution in [1.29, 1.82) is 0 Å². The highest BCUT2D eigenvalue weighted by atomic mass is 16.4. The molecule has 2 rings (SSSR count). The minimum Gasteiger partial charge on any atom is -0.481 e. The van der Waals surface area contributed by atoms with Gasteiger partial charge in [0.1, 0.15) is 5.76 Å². The molecule has 0 fully saturated rings. The number of furan rings is 1. The van der Waals surface area contributed by atoms with Gasteiger partial charge in [-0.3, -0.25) is 14.4 Å². The van der Waals surface area contributed by atoms with E-state index in [1.54, 1.807) is 50.2 Å². The largest absolute Gasteiger partial charge is 0.481 e. The van der Waals surface area contributed by atoms with Crippen LogP contribution in [0.2, 0.25) is 0 Å². The van der Waals surface area contributed by atoms with E-state index in [2.05, 4.69) is 10.6 Å². The predicted octanol–water partition coefficient (Wildman–Crippen LogP) is 3.43. The molecule has 1 heterocycles. The van der Waals surface area contributed by atoms with Crippen LogP contribution in [0.1, 0.15) is 49.2 Å². The molecule has 0 aliphatic heterocycles. The number of aliphatic carboxylic acids is 1. The van der Waals surface area contributed by atoms with E-state index in [0.29, 0.717) is 29.9 Å². The maximum atomic E-state index is 12.4. The van der Waals surface area contributed by atoms with Crippen LogP contribution < -0.4 is 10.6 Å². The third-order valence-corrected chi connectivity index (χ3v) is 4.76. The molecule has 0 saturated carbocycles. The number of para-hydroxylation sites is 1. The van der Waals surface area contributed by atoms with Crippen LogP contribution in [0.5, 0.6) is 0 Å². The Kier molecular flexibility index (Phi) is 6.76. The zero-order valence-corrected chi connectivity index (χ0v) is 15.5. The third kappa shape index (κ3) is 4.97. The monoisotopic (exact) mass is 372 g/mol. The Hall–Kier alpha value is -3.09. The molecule has 0 saturated heterocycles. The Morgan fingerprint density at radius 1 is 1.07 bits per heavy atom. The van der Waals surface area contributed by atoms with Crippen molar-refractivity contribution in [2.75, 3.05) is 5.32 Å². The van der Waals surface area contributed by atoms with Crippen LogP contribution in [0.3, 0.4) is 0 Å². The Morgan fingerprint density at radius 3 is 2.37 bits per heavy atom. The van der Waals surface area contributed by atoms with E-state index >= 15 is 0 Å². The van der Waals surface area contributed by atoms with Crippen LogP contribution in [0.25, 0.3) is 0 Å². The molecule has 0 bridgehead atoms. The van der Waals surface area contributed by atoms with Crippen LogP contribution in [0.4, 0.5) is 5.69 Å². The molecule has 1 aromatic carbocycles. The molecule has 7 nitrogen and oxygen atoms in total. The summed E-state index contributed by atoms with van der Waals surface area (Å²) in [4.78, 5) is 36.5. The molecule has 0 aliphatic rings. The maximum Gasteiger partial charge on any atom is 0.310 e. The smallest absolute Gasteiger partial charge is 0.310 e. The van der Waals surface area contributed by atoms with E-state index in [1.165, 1.54) is 6.26 Å². The van der Waals surface area contributed by atoms with Crippen molar-refractivity contribution in [3.8, 4) is 0 Å². The maximum absolute atomic E-state index is 12.4. The minimum atomic E-state index is -1.11. The summed E-state index contributed by atoms with van der Waals surface area (Å²) in [6, 6.07) is 10.1. The van der Waals surface area contributed by atoms with Gasteiger partial charge >= 0.3 is 5.97 Å². The fraction of sp³-hybridized carbons (Fsp3) is 0.350. The fourth-order valence-electron chi connectivity index (χ4n) is 2.85. The number of rotatable bonds is 9. The molecule has 0 unspecified atom stereocenters. The van der Waals surface area contributed by atoms with Crippen LogP contribution in [-0.2, 0) is 16.1 Å². The van der Waals surface area contributed by atoms with E-state index < -0.39 is 17.3 Å². The number of hydrogen-bond acceptors (Lipinski definition) is 4. The summed E-state index contributed by atoms with van der Waals surface area (Å²) in [6.07, 6.45) is 2.05. The standard InChI is InChI=1S/C20H24N2O5/c1-3-20(4-2,19(25)26)12-17(23)22-16-10-6-5-9-15(16)18(24)21-13-14-8-7-11-27-14/h5-11H,3-4,12-13H2,1-2H3,(H,21,24)(H,22,23)(H,25,26). The molecule has 1 aromatic heterocycles. The average Bonchev–Trinajstić information content (AvgIpc) is 3.18. The Labute approximate surface area is 157 Å². The lowest BCUT2D eigenvalue weighted by Crippen LogP contribution is -2.34. The van der Waals surface area contributed by atoms with Gasteiger partial charge in [0.05, 0.1) is 29.5 Å². The molecule has 0 spiro atoms. The van der Waals surface area contributed by atoms with Gasteiger partial charge in [-0.1, -0.05) is 26.0 Å². The van der Waals surface area contributed by atoms with Gasteiger partial charge in [0.15, 0.2) is 0 Å². The normalized spacial score (nSPS) is 11.0. The molecule has 2 amide bonds. The lowest BCUT2D eigenvalue weighted by molar-refractivity contribution is -0.151. The molecule has 27 heavy (non-hydrogen) atoms. The number of hydrogen-bond donors (Lipinski definition) is 3. The number of benzene rings is 1. The second-order valence-corrected chi connectivity index (χ2v) is 6.33. The van der Waals surface area contributed by atoms with Crippen molar-refractivity contribution in [3.63, 3.8) is 0 Å². The summed E-state index contributed by atoms with van der Waals surface area (Å²) in [5.74, 6) is -1.18. The van der Waals surface area contributed by atoms with Crippen molar-refractivity contribution in [1.82, 2.24) is 5.32 Å². The second kappa shape index (κ2) is 9.02. The second-order valence-electron chi connectivity index (χ2n) is 6.33. The first-order chi connectivity index (χ1) is 12.9. The van der Waals surface area contributed by atoms with E-state index in [1.807, 2.05) is 0 Å².